The van der Waals surface area contributed by atoms with Crippen LogP contribution in [-0.4, -0.2) is 87.6 Å². The van der Waals surface area contributed by atoms with E-state index in [-0.39, 0.29) is 41.8 Å². The molecule has 3 saturated heterocycles. The van der Waals surface area contributed by atoms with Crippen LogP contribution in [0.4, 0.5) is 5.69 Å². The van der Waals surface area contributed by atoms with Crippen LogP contribution >= 0.6 is 18.9 Å². The Labute approximate surface area is 260 Å². The fourth-order valence-electron chi connectivity index (χ4n) is 7.01. The molecule has 1 aromatic carbocycles. The Balaban J connectivity index is 1.15. The van der Waals surface area contributed by atoms with Gasteiger partial charge in [0.25, 0.3) is 5.91 Å². The number of carbonyl (C=O) groups is 3. The van der Waals surface area contributed by atoms with E-state index in [2.05, 4.69) is 22.1 Å². The van der Waals surface area contributed by atoms with E-state index in [1.165, 1.54) is 11.3 Å². The van der Waals surface area contributed by atoms with Crippen LogP contribution in [0.2, 0.25) is 0 Å². The molecule has 0 saturated carbocycles. The first-order valence-corrected chi connectivity index (χ1v) is 17.6. The standard InChI is InChI=1S/C31H38N5O6PS/c1-18-10-22-5-6-26(31(39)35-15-21(16-35)23-14-32-9-8-25(23)34(2)3)36(22)30(38)24(11-18)33-29(37)28-13-20-12-19(17-43(40,41)42)4-7-27(20)44-28/h4,7-9,12-14,18,21-22,24,26H,5-6,10-11,15-17H2,1-3H3,(H,33,37)(H2,40,41,42)/t18-,22+,24-,26-/m0/s1. The molecule has 3 aliphatic rings. The van der Waals surface area contributed by atoms with Crippen LogP contribution in [-0.2, 0) is 20.3 Å². The number of hydrogen-bond donors (Lipinski definition) is 3. The van der Waals surface area contributed by atoms with Gasteiger partial charge in [-0.1, -0.05) is 13.0 Å². The molecule has 44 heavy (non-hydrogen) atoms. The van der Waals surface area contributed by atoms with Gasteiger partial charge in [-0.05, 0) is 66.8 Å². The molecular weight excluding hydrogens is 601 g/mol. The number of rotatable bonds is 7. The van der Waals surface area contributed by atoms with Gasteiger partial charge in [0.1, 0.15) is 12.1 Å². The first kappa shape index (κ1) is 30.7. The van der Waals surface area contributed by atoms with Crippen molar-refractivity contribution in [3.63, 3.8) is 0 Å². The number of carbonyl (C=O) groups excluding carboxylic acids is 3. The van der Waals surface area contributed by atoms with Crippen LogP contribution in [0.3, 0.4) is 0 Å². The Bertz CT molecular complexity index is 1650. The van der Waals surface area contributed by atoms with Gasteiger partial charge in [-0.3, -0.25) is 23.9 Å². The molecule has 0 radical (unpaired) electrons. The zero-order valence-corrected chi connectivity index (χ0v) is 26.8. The molecule has 13 heteroatoms. The first-order valence-electron chi connectivity index (χ1n) is 15.0. The maximum atomic E-state index is 14.0. The van der Waals surface area contributed by atoms with Gasteiger partial charge in [-0.25, -0.2) is 0 Å². The zero-order valence-electron chi connectivity index (χ0n) is 25.0. The number of nitrogens with zero attached hydrogens (tertiary/aromatic N) is 4. The maximum absolute atomic E-state index is 14.0. The molecule has 0 aliphatic carbocycles. The summed E-state index contributed by atoms with van der Waals surface area (Å²) in [5.74, 6) is -0.208. The lowest BCUT2D eigenvalue weighted by Gasteiger charge is -2.43. The van der Waals surface area contributed by atoms with Crippen molar-refractivity contribution in [1.29, 1.82) is 0 Å². The Morgan fingerprint density at radius 3 is 2.64 bits per heavy atom. The summed E-state index contributed by atoms with van der Waals surface area (Å²) < 4.78 is 12.2. The van der Waals surface area contributed by atoms with Crippen molar-refractivity contribution in [3.8, 4) is 0 Å². The van der Waals surface area contributed by atoms with Crippen LogP contribution in [0, 0.1) is 5.92 Å². The highest BCUT2D eigenvalue weighted by atomic mass is 32.1. The molecule has 3 amide bonds. The van der Waals surface area contributed by atoms with Gasteiger partial charge < -0.3 is 29.8 Å². The van der Waals surface area contributed by atoms with E-state index in [1.807, 2.05) is 31.3 Å². The number of fused-ring (bicyclic) bond motifs is 2. The molecule has 0 spiro atoms. The van der Waals surface area contributed by atoms with E-state index < -0.39 is 19.7 Å². The highest BCUT2D eigenvalue weighted by Gasteiger charge is 2.48. The molecule has 4 atom stereocenters. The van der Waals surface area contributed by atoms with Gasteiger partial charge in [-0.15, -0.1) is 11.3 Å². The first-order chi connectivity index (χ1) is 20.9. The molecular formula is C31H38N5O6PS. The smallest absolute Gasteiger partial charge is 0.329 e. The minimum absolute atomic E-state index is 0.0253. The van der Waals surface area contributed by atoms with E-state index in [0.29, 0.717) is 41.8 Å². The monoisotopic (exact) mass is 639 g/mol. The van der Waals surface area contributed by atoms with Crippen molar-refractivity contribution in [2.75, 3.05) is 32.1 Å². The Kier molecular flexibility index (Phi) is 8.30. The average molecular weight is 640 g/mol. The predicted octanol–water partition coefficient (Wildman–Crippen LogP) is 3.55. The summed E-state index contributed by atoms with van der Waals surface area (Å²) in [6.07, 6.45) is 5.95. The predicted molar refractivity (Wildman–Crippen MR) is 169 cm³/mol. The number of aromatic nitrogens is 1. The Hall–Kier alpha value is -3.31. The lowest BCUT2D eigenvalue weighted by atomic mass is 9.90. The largest absolute Gasteiger partial charge is 0.377 e. The topological polar surface area (TPSA) is 143 Å². The molecule has 3 aliphatic heterocycles. The molecule has 3 fully saturated rings. The second kappa shape index (κ2) is 11.9. The quantitative estimate of drug-likeness (QED) is 0.333. The molecule has 3 N–H and O–H groups in total. The summed E-state index contributed by atoms with van der Waals surface area (Å²) in [5, 5.41) is 3.68. The molecule has 3 aromatic rings. The highest BCUT2D eigenvalue weighted by molar-refractivity contribution is 7.50. The number of anilines is 1. The Morgan fingerprint density at radius 2 is 1.91 bits per heavy atom. The summed E-state index contributed by atoms with van der Waals surface area (Å²) in [5.41, 5.74) is 2.70. The normalized spacial score (nSPS) is 24.2. The SMILES string of the molecule is C[C@H]1C[C@H]2CC[C@@H](C(=O)N3CC(c4cnccc4N(C)C)C3)N2C(=O)[C@@H](NC(=O)c2cc3cc(CP(=O)(O)O)ccc3s2)C1. The van der Waals surface area contributed by atoms with Crippen LogP contribution in [0.1, 0.15) is 59.3 Å². The van der Waals surface area contributed by atoms with E-state index >= 15 is 0 Å². The summed E-state index contributed by atoms with van der Waals surface area (Å²) in [6.45, 7) is 3.27. The number of pyridine rings is 1. The molecule has 5 heterocycles. The zero-order chi connectivity index (χ0) is 31.3. The average Bonchev–Trinajstić information content (AvgIpc) is 3.52. The van der Waals surface area contributed by atoms with Crippen LogP contribution < -0.4 is 10.2 Å². The summed E-state index contributed by atoms with van der Waals surface area (Å²) in [4.78, 5) is 70.2. The third kappa shape index (κ3) is 6.13. The molecule has 11 nitrogen and oxygen atoms in total. The van der Waals surface area contributed by atoms with Gasteiger partial charge in [0.05, 0.1) is 11.0 Å². The van der Waals surface area contributed by atoms with Crippen molar-refractivity contribution >= 4 is 52.4 Å². The number of nitrogens with one attached hydrogen (secondary N) is 1. The highest BCUT2D eigenvalue weighted by Crippen LogP contribution is 2.41. The number of benzene rings is 1. The number of likely N-dealkylation sites (tertiary alicyclic amines) is 1. The van der Waals surface area contributed by atoms with Gasteiger partial charge >= 0.3 is 7.60 Å². The van der Waals surface area contributed by atoms with Crippen LogP contribution in [0.5, 0.6) is 0 Å². The molecule has 2 aromatic heterocycles. The third-order valence-corrected chi connectivity index (χ3v) is 11.0. The van der Waals surface area contributed by atoms with Gasteiger partial charge in [-0.2, -0.15) is 0 Å². The van der Waals surface area contributed by atoms with E-state index in [4.69, 9.17) is 0 Å². The number of thiophene rings is 1. The van der Waals surface area contributed by atoms with E-state index in [0.717, 1.165) is 28.8 Å². The minimum atomic E-state index is -4.22. The lowest BCUT2D eigenvalue weighted by Crippen LogP contribution is -2.58. The molecule has 6 rings (SSSR count). The summed E-state index contributed by atoms with van der Waals surface area (Å²) in [6, 6.07) is 7.46. The fraction of sp³-hybridized carbons (Fsp3) is 0.484. The molecule has 0 unspecified atom stereocenters. The van der Waals surface area contributed by atoms with Gasteiger partial charge in [0, 0.05) is 67.5 Å². The molecule has 0 bridgehead atoms. The fourth-order valence-corrected chi connectivity index (χ4v) is 8.63. The maximum Gasteiger partial charge on any atom is 0.329 e. The second-order valence-electron chi connectivity index (χ2n) is 12.7. The van der Waals surface area contributed by atoms with Crippen LogP contribution in [0.15, 0.2) is 42.7 Å². The lowest BCUT2D eigenvalue weighted by molar-refractivity contribution is -0.148. The minimum Gasteiger partial charge on any atom is -0.377 e. The summed E-state index contributed by atoms with van der Waals surface area (Å²) >= 11 is 1.27. The van der Waals surface area contributed by atoms with Crippen LogP contribution in [0.25, 0.3) is 10.1 Å². The summed E-state index contributed by atoms with van der Waals surface area (Å²) in [7, 11) is -0.232. The van der Waals surface area contributed by atoms with E-state index in [1.54, 1.807) is 35.4 Å². The second-order valence-corrected chi connectivity index (χ2v) is 15.4. The molecule has 234 valence electrons. The van der Waals surface area contributed by atoms with E-state index in [9.17, 15) is 28.7 Å². The van der Waals surface area contributed by atoms with Gasteiger partial charge in [0.15, 0.2) is 0 Å². The van der Waals surface area contributed by atoms with Crippen molar-refractivity contribution in [3.05, 3.63) is 58.7 Å². The van der Waals surface area contributed by atoms with Crippen molar-refractivity contribution < 1.29 is 28.7 Å². The van der Waals surface area contributed by atoms with Crippen molar-refractivity contribution in [2.45, 2.75) is 62.8 Å². The van der Waals surface area contributed by atoms with Gasteiger partial charge in [0.2, 0.25) is 11.8 Å². The van der Waals surface area contributed by atoms with Crippen molar-refractivity contribution in [2.24, 2.45) is 5.92 Å². The number of amides is 3. The van der Waals surface area contributed by atoms with Crippen molar-refractivity contribution in [1.82, 2.24) is 20.1 Å². The number of hydrogen-bond acceptors (Lipinski definition) is 7. The third-order valence-electron chi connectivity index (χ3n) is 9.09. The Morgan fingerprint density at radius 1 is 1.14 bits per heavy atom.